The molecule has 1 amide bonds. The van der Waals surface area contributed by atoms with Crippen LogP contribution < -0.4 is 14.8 Å². The van der Waals surface area contributed by atoms with Crippen molar-refractivity contribution in [3.8, 4) is 11.5 Å². The Morgan fingerprint density at radius 3 is 2.52 bits per heavy atom. The lowest BCUT2D eigenvalue weighted by Gasteiger charge is -2.27. The smallest absolute Gasteiger partial charge is 0.330 e. The molecule has 6 nitrogen and oxygen atoms in total. The minimum Gasteiger partial charge on any atom is -0.493 e. The highest BCUT2D eigenvalue weighted by Gasteiger charge is 2.37. The van der Waals surface area contributed by atoms with Gasteiger partial charge in [-0.25, -0.2) is 4.79 Å². The second-order valence-corrected chi connectivity index (χ2v) is 6.56. The van der Waals surface area contributed by atoms with E-state index in [2.05, 4.69) is 17.9 Å². The van der Waals surface area contributed by atoms with Crippen molar-refractivity contribution >= 4 is 24.5 Å². The number of carbonyl (C=O) groups excluding carboxylic acids is 1. The third kappa shape index (κ3) is 4.39. The molecule has 1 saturated carbocycles. The Morgan fingerprint density at radius 2 is 2.00 bits per heavy atom. The molecule has 0 spiro atoms. The van der Waals surface area contributed by atoms with Crippen molar-refractivity contribution in [2.75, 3.05) is 12.9 Å². The molecule has 0 saturated heterocycles. The molecular formula is C18H25NO5S. The summed E-state index contributed by atoms with van der Waals surface area (Å²) in [5.74, 6) is -0.513. The van der Waals surface area contributed by atoms with Gasteiger partial charge in [0, 0.05) is 11.3 Å². The van der Waals surface area contributed by atoms with Crippen LogP contribution in [0, 0.1) is 0 Å². The number of hydrogen-bond donors (Lipinski definition) is 3. The van der Waals surface area contributed by atoms with Crippen LogP contribution in [-0.4, -0.2) is 41.5 Å². The molecule has 1 aromatic carbocycles. The van der Waals surface area contributed by atoms with E-state index in [0.717, 1.165) is 25.7 Å². The van der Waals surface area contributed by atoms with Crippen LogP contribution in [0.15, 0.2) is 18.2 Å². The van der Waals surface area contributed by atoms with Gasteiger partial charge in [0.05, 0.1) is 13.2 Å². The number of aliphatic carboxylic acids is 1. The first-order chi connectivity index (χ1) is 12.0. The lowest BCUT2D eigenvalue weighted by molar-refractivity contribution is -0.143. The largest absolute Gasteiger partial charge is 0.493 e. The van der Waals surface area contributed by atoms with Gasteiger partial charge in [-0.15, -0.1) is 0 Å². The summed E-state index contributed by atoms with van der Waals surface area (Å²) < 4.78 is 11.3. The zero-order chi connectivity index (χ0) is 18.4. The van der Waals surface area contributed by atoms with Gasteiger partial charge in [-0.2, -0.15) is 12.6 Å². The van der Waals surface area contributed by atoms with Crippen LogP contribution in [-0.2, 0) is 4.79 Å². The first-order valence-corrected chi connectivity index (χ1v) is 9.10. The van der Waals surface area contributed by atoms with Crippen LogP contribution in [0.3, 0.4) is 0 Å². The van der Waals surface area contributed by atoms with Gasteiger partial charge in [-0.05, 0) is 50.3 Å². The van der Waals surface area contributed by atoms with Gasteiger partial charge >= 0.3 is 5.97 Å². The minimum atomic E-state index is -1.40. The molecule has 138 valence electrons. The Kier molecular flexibility index (Phi) is 6.58. The van der Waals surface area contributed by atoms with Gasteiger partial charge in [-0.1, -0.05) is 6.92 Å². The van der Waals surface area contributed by atoms with E-state index < -0.39 is 17.4 Å². The van der Waals surface area contributed by atoms with Crippen molar-refractivity contribution < 1.29 is 24.2 Å². The topological polar surface area (TPSA) is 84.9 Å². The lowest BCUT2D eigenvalue weighted by atomic mass is 9.98. The molecule has 2 rings (SSSR count). The van der Waals surface area contributed by atoms with E-state index >= 15 is 0 Å². The fourth-order valence-electron chi connectivity index (χ4n) is 2.90. The second kappa shape index (κ2) is 8.47. The van der Waals surface area contributed by atoms with E-state index in [1.165, 1.54) is 0 Å². The molecule has 1 aromatic rings. The monoisotopic (exact) mass is 367 g/mol. The van der Waals surface area contributed by atoms with E-state index in [1.807, 2.05) is 0 Å². The van der Waals surface area contributed by atoms with Crippen molar-refractivity contribution in [3.05, 3.63) is 23.8 Å². The Morgan fingerprint density at radius 1 is 1.32 bits per heavy atom. The molecule has 2 N–H and O–H groups in total. The summed E-state index contributed by atoms with van der Waals surface area (Å²) in [5.41, 5.74) is -1.07. The average Bonchev–Trinajstić information content (AvgIpc) is 3.12. The predicted octanol–water partition coefficient (Wildman–Crippen LogP) is 2.91. The molecule has 25 heavy (non-hydrogen) atoms. The Bertz CT molecular complexity index is 624. The summed E-state index contributed by atoms with van der Waals surface area (Å²) in [7, 11) is 1.55. The zero-order valence-electron chi connectivity index (χ0n) is 14.6. The van der Waals surface area contributed by atoms with E-state index in [0.29, 0.717) is 17.1 Å². The molecular weight excluding hydrogens is 342 g/mol. The molecule has 1 aliphatic rings. The maximum atomic E-state index is 12.6. The summed E-state index contributed by atoms with van der Waals surface area (Å²) in [6.45, 7) is 1.70. The molecule has 0 aliphatic heterocycles. The molecule has 1 aliphatic carbocycles. The van der Waals surface area contributed by atoms with Gasteiger partial charge in [-0.3, -0.25) is 4.79 Å². The SMILES string of the molecule is CCC(CS)(NC(=O)c1ccc(OC)c(OC2CCCC2)c1)C(=O)O. The van der Waals surface area contributed by atoms with Gasteiger partial charge in [0.15, 0.2) is 11.5 Å². The fourth-order valence-corrected chi connectivity index (χ4v) is 3.34. The Balaban J connectivity index is 2.22. The van der Waals surface area contributed by atoms with E-state index in [-0.39, 0.29) is 18.3 Å². The maximum absolute atomic E-state index is 12.6. The van der Waals surface area contributed by atoms with Gasteiger partial charge in [0.1, 0.15) is 5.54 Å². The Labute approximate surface area is 153 Å². The number of ether oxygens (including phenoxy) is 2. The van der Waals surface area contributed by atoms with Crippen molar-refractivity contribution in [3.63, 3.8) is 0 Å². The number of carbonyl (C=O) groups is 2. The zero-order valence-corrected chi connectivity index (χ0v) is 15.5. The van der Waals surface area contributed by atoms with Crippen LogP contribution in [0.5, 0.6) is 11.5 Å². The first kappa shape index (κ1) is 19.4. The van der Waals surface area contributed by atoms with Crippen molar-refractivity contribution in [2.45, 2.75) is 50.7 Å². The number of hydrogen-bond acceptors (Lipinski definition) is 5. The van der Waals surface area contributed by atoms with Crippen molar-refractivity contribution in [2.24, 2.45) is 0 Å². The number of thiol groups is 1. The van der Waals surface area contributed by atoms with E-state index in [4.69, 9.17) is 9.47 Å². The van der Waals surface area contributed by atoms with Crippen LogP contribution in [0.25, 0.3) is 0 Å². The maximum Gasteiger partial charge on any atom is 0.330 e. The average molecular weight is 367 g/mol. The minimum absolute atomic E-state index is 0.00611. The second-order valence-electron chi connectivity index (χ2n) is 6.24. The molecule has 0 aromatic heterocycles. The summed E-state index contributed by atoms with van der Waals surface area (Å²) in [6.07, 6.45) is 4.59. The number of methoxy groups -OCH3 is 1. The lowest BCUT2D eigenvalue weighted by Crippen LogP contribution is -2.55. The molecule has 0 bridgehead atoms. The number of carboxylic acids is 1. The van der Waals surface area contributed by atoms with Gasteiger partial charge < -0.3 is 19.9 Å². The van der Waals surface area contributed by atoms with Gasteiger partial charge in [0.2, 0.25) is 0 Å². The first-order valence-electron chi connectivity index (χ1n) is 8.47. The molecule has 1 atom stereocenters. The highest BCUT2D eigenvalue weighted by atomic mass is 32.1. The van der Waals surface area contributed by atoms with Crippen LogP contribution in [0.2, 0.25) is 0 Å². The normalized spacial score (nSPS) is 16.9. The number of benzene rings is 1. The number of amides is 1. The molecule has 1 unspecified atom stereocenters. The molecule has 0 radical (unpaired) electrons. The summed E-state index contributed by atoms with van der Waals surface area (Å²) in [6, 6.07) is 4.86. The molecule has 1 fully saturated rings. The molecule has 7 heteroatoms. The third-order valence-electron chi connectivity index (χ3n) is 4.66. The number of rotatable bonds is 8. The number of nitrogens with one attached hydrogen (secondary N) is 1. The van der Waals surface area contributed by atoms with Crippen LogP contribution >= 0.6 is 12.6 Å². The summed E-state index contributed by atoms with van der Waals surface area (Å²) in [4.78, 5) is 24.1. The molecule has 0 heterocycles. The Hall–Kier alpha value is -1.89. The van der Waals surface area contributed by atoms with Gasteiger partial charge in [0.25, 0.3) is 5.91 Å². The van der Waals surface area contributed by atoms with E-state index in [1.54, 1.807) is 32.2 Å². The quantitative estimate of drug-likeness (QED) is 0.615. The summed E-state index contributed by atoms with van der Waals surface area (Å²) in [5, 5.41) is 12.0. The van der Waals surface area contributed by atoms with Crippen LogP contribution in [0.1, 0.15) is 49.4 Å². The standard InChI is InChI=1S/C18H25NO5S/c1-3-18(11-25,17(21)22)19-16(20)12-8-9-14(23-2)15(10-12)24-13-6-4-5-7-13/h8-10,13,25H,3-7,11H2,1-2H3,(H,19,20)(H,21,22). The third-order valence-corrected chi connectivity index (χ3v) is 5.20. The van der Waals surface area contributed by atoms with Crippen molar-refractivity contribution in [1.29, 1.82) is 0 Å². The van der Waals surface area contributed by atoms with E-state index in [9.17, 15) is 14.7 Å². The fraction of sp³-hybridized carbons (Fsp3) is 0.556. The van der Waals surface area contributed by atoms with Crippen LogP contribution in [0.4, 0.5) is 0 Å². The highest BCUT2D eigenvalue weighted by Crippen LogP contribution is 2.32. The van der Waals surface area contributed by atoms with Crippen molar-refractivity contribution in [1.82, 2.24) is 5.32 Å². The highest BCUT2D eigenvalue weighted by molar-refractivity contribution is 7.80. The summed E-state index contributed by atoms with van der Waals surface area (Å²) >= 11 is 4.10. The predicted molar refractivity (Wildman–Crippen MR) is 97.9 cm³/mol. The number of carboxylic acid groups (broad SMARTS) is 1.